The molecule has 10 nitrogen and oxygen atoms in total. The number of fused-ring (bicyclic) bond motifs is 2. The predicted octanol–water partition coefficient (Wildman–Crippen LogP) is 11.1. The number of nitrogens with zero attached hydrogens (tertiary/aromatic N) is 10. The molecule has 0 bridgehead atoms. The maximum absolute atomic E-state index is 14.2. The zero-order chi connectivity index (χ0) is 43.2. The maximum atomic E-state index is 14.2. The zero-order valence-corrected chi connectivity index (χ0v) is 35.8. The zero-order valence-electron chi connectivity index (χ0n) is 34.2. The summed E-state index contributed by atoms with van der Waals surface area (Å²) in [5.41, 5.74) is 7.42. The first-order valence-electron chi connectivity index (χ1n) is 20.5. The maximum Gasteiger partial charge on any atom is 0.212 e. The van der Waals surface area contributed by atoms with Crippen molar-refractivity contribution in [1.29, 1.82) is 0 Å². The average Bonchev–Trinajstić information content (AvgIpc) is 4.10. The van der Waals surface area contributed by atoms with Gasteiger partial charge in [0.05, 0.1) is 12.4 Å². The fraction of sp³-hybridized carbons (Fsp3) is 0.0800. The van der Waals surface area contributed by atoms with Gasteiger partial charge in [-0.1, -0.05) is 145 Å². The largest absolute Gasteiger partial charge is 0.342 e. The number of aromatic nitrogens is 8. The van der Waals surface area contributed by atoms with Crippen LogP contribution in [-0.4, -0.2) is 62.8 Å². The summed E-state index contributed by atoms with van der Waals surface area (Å²) in [6, 6.07) is 49.6. The van der Waals surface area contributed by atoms with Crippen molar-refractivity contribution < 1.29 is 8.78 Å². The van der Waals surface area contributed by atoms with Crippen molar-refractivity contribution in [1.82, 2.24) is 38.9 Å². The van der Waals surface area contributed by atoms with Crippen molar-refractivity contribution >= 4 is 57.8 Å². The van der Waals surface area contributed by atoms with Gasteiger partial charge in [0.25, 0.3) is 0 Å². The summed E-state index contributed by atoms with van der Waals surface area (Å²) in [6.07, 6.45) is 7.42. The summed E-state index contributed by atoms with van der Waals surface area (Å²) in [5.74, 6) is 1.62. The Hall–Kier alpha value is -7.42. The lowest BCUT2D eigenvalue weighted by Crippen LogP contribution is -2.00. The monoisotopic (exact) mass is 880 g/mol. The van der Waals surface area contributed by atoms with Crippen molar-refractivity contribution in [3.63, 3.8) is 0 Å². The summed E-state index contributed by atoms with van der Waals surface area (Å²) in [4.78, 5) is 0. The van der Waals surface area contributed by atoms with E-state index in [1.807, 2.05) is 60.7 Å². The molecule has 0 N–H and O–H groups in total. The topological polar surface area (TPSA) is 96.0 Å². The number of halogens is 2. The van der Waals surface area contributed by atoms with Crippen LogP contribution in [0.2, 0.25) is 0 Å². The van der Waals surface area contributed by atoms with Crippen LogP contribution in [-0.2, 0) is 13.1 Å². The normalized spacial score (nSPS) is 11.8. The fourth-order valence-corrected chi connectivity index (χ4v) is 9.36. The molecule has 0 atom stereocenters. The van der Waals surface area contributed by atoms with Crippen LogP contribution >= 0.6 is 23.5 Å². The molecule has 64 heavy (non-hydrogen) atoms. The highest BCUT2D eigenvalue weighted by Gasteiger charge is 2.22. The Kier molecular flexibility index (Phi) is 11.8. The van der Waals surface area contributed by atoms with E-state index in [-0.39, 0.29) is 11.6 Å². The quantitative estimate of drug-likeness (QED) is 0.0578. The Labute approximate surface area is 375 Å². The van der Waals surface area contributed by atoms with Crippen LogP contribution in [0.25, 0.3) is 44.6 Å². The Bertz CT molecular complexity index is 3060. The second-order valence-corrected chi connectivity index (χ2v) is 17.0. The summed E-state index contributed by atoms with van der Waals surface area (Å²) < 4.78 is 36.4. The Morgan fingerprint density at radius 3 is 1.33 bits per heavy atom. The van der Waals surface area contributed by atoms with Gasteiger partial charge >= 0.3 is 0 Å². The van der Waals surface area contributed by atoms with Gasteiger partial charge in [-0.2, -0.15) is 19.6 Å². The van der Waals surface area contributed by atoms with Crippen LogP contribution in [0, 0.1) is 11.6 Å². The van der Waals surface area contributed by atoms with E-state index in [0.29, 0.717) is 57.7 Å². The number of thioether (sulfide) groups is 2. The second-order valence-electron chi connectivity index (χ2n) is 14.9. The van der Waals surface area contributed by atoms with Crippen LogP contribution < -0.4 is 0 Å². The molecule has 6 aromatic carbocycles. The first-order valence-corrected chi connectivity index (χ1v) is 22.5. The smallest absolute Gasteiger partial charge is 0.212 e. The lowest BCUT2D eigenvalue weighted by atomic mass is 10.1. The SMILES string of the molecule is Fc1cccc(/C=N/n2c(SCCSc3nnc(-c4cn(Cc5ccccc5)c5ccccc45)n3/N=C/c3cccc(F)c3)nnc2-c2cn(Cc3ccccc3)c3ccccc23)c1. The minimum Gasteiger partial charge on any atom is -0.342 e. The highest BCUT2D eigenvalue weighted by molar-refractivity contribution is 8.02. The minimum absolute atomic E-state index is 0.349. The molecule has 0 spiro atoms. The molecule has 0 aliphatic heterocycles. The average molecular weight is 881 g/mol. The number of benzene rings is 6. The Morgan fingerprint density at radius 2 is 0.891 bits per heavy atom. The number of hydrogen-bond acceptors (Lipinski definition) is 8. The highest BCUT2D eigenvalue weighted by Crippen LogP contribution is 2.35. The number of rotatable bonds is 15. The van der Waals surface area contributed by atoms with Gasteiger partial charge in [0, 0.05) is 69.9 Å². The van der Waals surface area contributed by atoms with E-state index in [1.165, 1.54) is 58.9 Å². The Balaban J connectivity index is 0.956. The van der Waals surface area contributed by atoms with Crippen molar-refractivity contribution in [3.8, 4) is 22.8 Å². The molecule has 314 valence electrons. The van der Waals surface area contributed by atoms with Gasteiger partial charge in [-0.25, -0.2) is 8.78 Å². The molecule has 0 radical (unpaired) electrons. The minimum atomic E-state index is -0.349. The van der Waals surface area contributed by atoms with Crippen LogP contribution in [0.4, 0.5) is 8.78 Å². The van der Waals surface area contributed by atoms with E-state index in [0.717, 1.165) is 32.9 Å². The molecule has 4 heterocycles. The molecule has 0 amide bonds. The molecule has 10 aromatic rings. The Morgan fingerprint density at radius 1 is 0.469 bits per heavy atom. The van der Waals surface area contributed by atoms with Crippen molar-refractivity contribution in [3.05, 3.63) is 204 Å². The summed E-state index contributed by atoms with van der Waals surface area (Å²) in [6.45, 7) is 1.35. The van der Waals surface area contributed by atoms with Crippen LogP contribution in [0.1, 0.15) is 22.3 Å². The van der Waals surface area contributed by atoms with Crippen molar-refractivity contribution in [2.24, 2.45) is 10.2 Å². The molecule has 0 aliphatic carbocycles. The van der Waals surface area contributed by atoms with Gasteiger partial charge < -0.3 is 9.13 Å². The summed E-state index contributed by atoms with van der Waals surface area (Å²) >= 11 is 2.99. The van der Waals surface area contributed by atoms with Crippen LogP contribution in [0.5, 0.6) is 0 Å². The first kappa shape index (κ1) is 40.6. The molecule has 14 heteroatoms. The fourth-order valence-electron chi connectivity index (χ4n) is 7.62. The van der Waals surface area contributed by atoms with E-state index in [4.69, 9.17) is 20.4 Å². The number of para-hydroxylation sites is 2. The third kappa shape index (κ3) is 8.78. The van der Waals surface area contributed by atoms with Crippen LogP contribution in [0.15, 0.2) is 191 Å². The van der Waals surface area contributed by atoms with Crippen molar-refractivity contribution in [2.75, 3.05) is 11.5 Å². The highest BCUT2D eigenvalue weighted by atomic mass is 32.2. The van der Waals surface area contributed by atoms with E-state index in [9.17, 15) is 8.78 Å². The standard InChI is InChI=1S/C50H38F2N10S2/c51-39-19-11-17-37(27-39)29-53-61-47(43-33-59(31-35-13-3-1-4-14-35)45-23-9-7-21-41(43)45)55-57-49(61)63-25-26-64-50-58-56-48(62(50)54-30-38-18-12-20-40(52)28-38)44-34-60(32-36-15-5-2-6-16-36)46-24-10-8-22-42(44)46/h1-24,27-30,33-34H,25-26,31-32H2/b53-29+,54-30+. The molecule has 0 aliphatic rings. The van der Waals surface area contributed by atoms with E-state index >= 15 is 0 Å². The van der Waals surface area contributed by atoms with E-state index in [1.54, 1.807) is 46.0 Å². The second kappa shape index (κ2) is 18.5. The predicted molar refractivity (Wildman–Crippen MR) is 253 cm³/mol. The van der Waals surface area contributed by atoms with E-state index in [2.05, 4.69) is 80.3 Å². The van der Waals surface area contributed by atoms with E-state index < -0.39 is 0 Å². The van der Waals surface area contributed by atoms with Gasteiger partial charge in [-0.15, -0.1) is 20.4 Å². The summed E-state index contributed by atoms with van der Waals surface area (Å²) in [5, 5.41) is 31.5. The third-order valence-corrected chi connectivity index (χ3v) is 12.7. The molecule has 0 saturated heterocycles. The van der Waals surface area contributed by atoms with Crippen LogP contribution in [0.3, 0.4) is 0 Å². The van der Waals surface area contributed by atoms with Gasteiger partial charge in [-0.3, -0.25) is 0 Å². The van der Waals surface area contributed by atoms with Gasteiger partial charge in [0.1, 0.15) is 11.6 Å². The van der Waals surface area contributed by atoms with Gasteiger partial charge in [0.15, 0.2) is 11.6 Å². The first-order chi connectivity index (χ1) is 31.5. The van der Waals surface area contributed by atoms with Crippen molar-refractivity contribution in [2.45, 2.75) is 23.4 Å². The molecule has 0 fully saturated rings. The lowest BCUT2D eigenvalue weighted by molar-refractivity contribution is 0.627. The van der Waals surface area contributed by atoms with Gasteiger partial charge in [-0.05, 0) is 58.7 Å². The molecular formula is C50H38F2N10S2. The molecule has 0 unspecified atom stereocenters. The lowest BCUT2D eigenvalue weighted by Gasteiger charge is -2.06. The third-order valence-electron chi connectivity index (χ3n) is 10.6. The summed E-state index contributed by atoms with van der Waals surface area (Å²) in [7, 11) is 0. The molecular weight excluding hydrogens is 843 g/mol. The molecule has 0 saturated carbocycles. The van der Waals surface area contributed by atoms with Gasteiger partial charge in [0.2, 0.25) is 10.3 Å². The number of hydrogen-bond donors (Lipinski definition) is 0. The molecule has 10 rings (SSSR count). The molecule has 4 aromatic heterocycles.